The first-order valence-corrected chi connectivity index (χ1v) is 10.9. The molecule has 2 heterocycles. The van der Waals surface area contributed by atoms with Gasteiger partial charge in [-0.25, -0.2) is 4.98 Å². The molecule has 0 N–H and O–H groups in total. The van der Waals surface area contributed by atoms with Crippen LogP contribution >= 0.6 is 0 Å². The van der Waals surface area contributed by atoms with Crippen LogP contribution < -0.4 is 4.74 Å². The molecule has 0 fully saturated rings. The number of benzene rings is 1. The van der Waals surface area contributed by atoms with Crippen molar-refractivity contribution in [2.75, 3.05) is 13.7 Å². The lowest BCUT2D eigenvalue weighted by atomic mass is 9.98. The summed E-state index contributed by atoms with van der Waals surface area (Å²) in [6, 6.07) is 13.9. The fraction of sp³-hybridized carbons (Fsp3) is 0.360. The molecule has 160 valence electrons. The van der Waals surface area contributed by atoms with E-state index in [-0.39, 0.29) is 11.8 Å². The molecule has 1 aromatic carbocycles. The molecule has 0 aliphatic heterocycles. The maximum atomic E-state index is 13.1. The Kier molecular flexibility index (Phi) is 6.55. The number of nitrogens with zero attached hydrogens (tertiary/aromatic N) is 4. The van der Waals surface area contributed by atoms with Crippen LogP contribution in [0.5, 0.6) is 5.88 Å². The van der Waals surface area contributed by atoms with E-state index in [1.165, 1.54) is 0 Å². The van der Waals surface area contributed by atoms with Crippen LogP contribution in [0.2, 0.25) is 0 Å². The zero-order valence-electron chi connectivity index (χ0n) is 18.1. The van der Waals surface area contributed by atoms with Crippen LogP contribution in [0.1, 0.15) is 36.6 Å². The molecule has 1 aliphatic carbocycles. The molecule has 1 aliphatic rings. The molecule has 1 unspecified atom stereocenters. The first-order chi connectivity index (χ1) is 15.2. The standard InChI is InChI=1S/C25H28N4O2/c1-3-31-24-21-13-11-20(25(30)29(2)17-18-8-7-15-26-16-18)12-14-22(21)27-23(28-24)19-9-5-4-6-10-19/h4-10,15-16,20H,3,11-14,17H2,1-2H3. The summed E-state index contributed by atoms with van der Waals surface area (Å²) in [7, 11) is 1.87. The fourth-order valence-electron chi connectivity index (χ4n) is 4.11. The van der Waals surface area contributed by atoms with Crippen molar-refractivity contribution in [2.24, 2.45) is 5.92 Å². The largest absolute Gasteiger partial charge is 0.478 e. The number of rotatable bonds is 6. The van der Waals surface area contributed by atoms with Gasteiger partial charge in [0.05, 0.1) is 12.3 Å². The summed E-state index contributed by atoms with van der Waals surface area (Å²) in [5.74, 6) is 1.47. The van der Waals surface area contributed by atoms with Crippen LogP contribution in [0.3, 0.4) is 0 Å². The zero-order chi connectivity index (χ0) is 21.6. The van der Waals surface area contributed by atoms with Crippen LogP contribution in [-0.2, 0) is 24.2 Å². The third kappa shape index (κ3) is 4.90. The minimum atomic E-state index is -0.0366. The first kappa shape index (κ1) is 21.0. The van der Waals surface area contributed by atoms with Crippen molar-refractivity contribution in [3.05, 3.63) is 71.7 Å². The van der Waals surface area contributed by atoms with Gasteiger partial charge in [-0.2, -0.15) is 4.98 Å². The number of pyridine rings is 1. The summed E-state index contributed by atoms with van der Waals surface area (Å²) < 4.78 is 5.89. The Bertz CT molecular complexity index is 1020. The highest BCUT2D eigenvalue weighted by Gasteiger charge is 2.28. The van der Waals surface area contributed by atoms with Crippen LogP contribution in [0.15, 0.2) is 54.9 Å². The van der Waals surface area contributed by atoms with Crippen LogP contribution in [0.4, 0.5) is 0 Å². The van der Waals surface area contributed by atoms with E-state index in [1.54, 1.807) is 6.20 Å². The molecule has 6 heteroatoms. The number of ether oxygens (including phenoxy) is 1. The third-order valence-electron chi connectivity index (χ3n) is 5.71. The monoisotopic (exact) mass is 416 g/mol. The summed E-state index contributed by atoms with van der Waals surface area (Å²) >= 11 is 0. The van der Waals surface area contributed by atoms with Gasteiger partial charge < -0.3 is 9.64 Å². The van der Waals surface area contributed by atoms with Crippen molar-refractivity contribution >= 4 is 5.91 Å². The lowest BCUT2D eigenvalue weighted by molar-refractivity contribution is -0.135. The summed E-state index contributed by atoms with van der Waals surface area (Å²) in [6.07, 6.45) is 6.60. The molecule has 6 nitrogen and oxygen atoms in total. The Morgan fingerprint density at radius 2 is 1.90 bits per heavy atom. The zero-order valence-corrected chi connectivity index (χ0v) is 18.1. The van der Waals surface area contributed by atoms with E-state index >= 15 is 0 Å². The van der Waals surface area contributed by atoms with Gasteiger partial charge in [-0.1, -0.05) is 36.4 Å². The molecule has 31 heavy (non-hydrogen) atoms. The smallest absolute Gasteiger partial charge is 0.225 e. The number of hydrogen-bond acceptors (Lipinski definition) is 5. The highest BCUT2D eigenvalue weighted by Crippen LogP contribution is 2.32. The second-order valence-corrected chi connectivity index (χ2v) is 7.91. The van der Waals surface area contributed by atoms with E-state index in [2.05, 4.69) is 4.98 Å². The molecule has 1 amide bonds. The van der Waals surface area contributed by atoms with E-state index in [4.69, 9.17) is 14.7 Å². The van der Waals surface area contributed by atoms with Gasteiger partial charge in [0, 0.05) is 43.0 Å². The molecule has 0 bridgehead atoms. The second kappa shape index (κ2) is 9.69. The van der Waals surface area contributed by atoms with Crippen molar-refractivity contribution < 1.29 is 9.53 Å². The molecule has 0 saturated heterocycles. The summed E-state index contributed by atoms with van der Waals surface area (Å²) in [5.41, 5.74) is 4.06. The summed E-state index contributed by atoms with van der Waals surface area (Å²) in [5, 5.41) is 0. The second-order valence-electron chi connectivity index (χ2n) is 7.91. The molecule has 2 aromatic heterocycles. The minimum absolute atomic E-state index is 0.0366. The van der Waals surface area contributed by atoms with E-state index in [0.717, 1.165) is 48.1 Å². The van der Waals surface area contributed by atoms with Crippen LogP contribution in [0.25, 0.3) is 11.4 Å². The Hall–Kier alpha value is -3.28. The predicted molar refractivity (Wildman–Crippen MR) is 119 cm³/mol. The maximum absolute atomic E-state index is 13.1. The molecule has 0 radical (unpaired) electrons. The Labute approximate surface area is 183 Å². The van der Waals surface area contributed by atoms with Gasteiger partial charge >= 0.3 is 0 Å². The van der Waals surface area contributed by atoms with Crippen molar-refractivity contribution in [2.45, 2.75) is 39.2 Å². The SMILES string of the molecule is CCOc1nc(-c2ccccc2)nc2c1CCC(C(=O)N(C)Cc1cccnc1)CC2. The number of amides is 1. The highest BCUT2D eigenvalue weighted by molar-refractivity contribution is 5.78. The third-order valence-corrected chi connectivity index (χ3v) is 5.71. The van der Waals surface area contributed by atoms with Gasteiger partial charge in [0.25, 0.3) is 0 Å². The number of aromatic nitrogens is 3. The van der Waals surface area contributed by atoms with Gasteiger partial charge in [-0.3, -0.25) is 9.78 Å². The number of carbonyl (C=O) groups excluding carboxylic acids is 1. The Morgan fingerprint density at radius 3 is 2.65 bits per heavy atom. The average molecular weight is 417 g/mol. The summed E-state index contributed by atoms with van der Waals surface area (Å²) in [6.45, 7) is 3.08. The quantitative estimate of drug-likeness (QED) is 0.566. The molecular weight excluding hydrogens is 388 g/mol. The molecule has 3 aromatic rings. The van der Waals surface area contributed by atoms with E-state index in [9.17, 15) is 4.79 Å². The van der Waals surface area contributed by atoms with Crippen LogP contribution in [-0.4, -0.2) is 39.4 Å². The van der Waals surface area contributed by atoms with Gasteiger partial charge in [0.15, 0.2) is 5.82 Å². The average Bonchev–Trinajstić information content (AvgIpc) is 3.03. The van der Waals surface area contributed by atoms with E-state index < -0.39 is 0 Å². The topological polar surface area (TPSA) is 68.2 Å². The number of aryl methyl sites for hydroxylation is 1. The lowest BCUT2D eigenvalue weighted by Crippen LogP contribution is -2.32. The summed E-state index contributed by atoms with van der Waals surface area (Å²) in [4.78, 5) is 28.7. The number of fused-ring (bicyclic) bond motifs is 1. The molecule has 1 atom stereocenters. The Balaban J connectivity index is 1.53. The molecule has 4 rings (SSSR count). The first-order valence-electron chi connectivity index (χ1n) is 10.9. The highest BCUT2D eigenvalue weighted by atomic mass is 16.5. The molecular formula is C25H28N4O2. The predicted octanol–water partition coefficient (Wildman–Crippen LogP) is 4.09. The number of hydrogen-bond donors (Lipinski definition) is 0. The van der Waals surface area contributed by atoms with E-state index in [1.807, 2.05) is 67.5 Å². The van der Waals surface area contributed by atoms with Crippen molar-refractivity contribution in [3.8, 4) is 17.3 Å². The van der Waals surface area contributed by atoms with Crippen molar-refractivity contribution in [1.82, 2.24) is 19.9 Å². The minimum Gasteiger partial charge on any atom is -0.478 e. The number of carbonyl (C=O) groups is 1. The van der Waals surface area contributed by atoms with Gasteiger partial charge in [-0.05, 0) is 44.2 Å². The van der Waals surface area contributed by atoms with Gasteiger partial charge in [0.2, 0.25) is 11.8 Å². The maximum Gasteiger partial charge on any atom is 0.225 e. The fourth-order valence-corrected chi connectivity index (χ4v) is 4.11. The van der Waals surface area contributed by atoms with Crippen molar-refractivity contribution in [3.63, 3.8) is 0 Å². The lowest BCUT2D eigenvalue weighted by Gasteiger charge is -2.22. The van der Waals surface area contributed by atoms with Gasteiger partial charge in [-0.15, -0.1) is 0 Å². The van der Waals surface area contributed by atoms with Crippen molar-refractivity contribution in [1.29, 1.82) is 0 Å². The molecule has 0 saturated carbocycles. The van der Waals surface area contributed by atoms with E-state index in [0.29, 0.717) is 24.9 Å². The Morgan fingerprint density at radius 1 is 1.10 bits per heavy atom. The van der Waals surface area contributed by atoms with Crippen LogP contribution in [0, 0.1) is 5.92 Å². The normalized spacial score (nSPS) is 15.6. The van der Waals surface area contributed by atoms with Gasteiger partial charge in [0.1, 0.15) is 0 Å². The molecule has 0 spiro atoms.